The molecule has 2 nitrogen and oxygen atoms in total. The van der Waals surface area contributed by atoms with Crippen molar-refractivity contribution in [2.45, 2.75) is 39.2 Å². The zero-order chi connectivity index (χ0) is 15.2. The Hall–Kier alpha value is -1.51. The minimum Gasteiger partial charge on any atom is -0.456 e. The second kappa shape index (κ2) is 7.48. The molecule has 2 rings (SSSR count). The fraction of sp³-hybridized carbons (Fsp3) is 0.333. The van der Waals surface area contributed by atoms with Gasteiger partial charge in [0.25, 0.3) is 0 Å². The van der Waals surface area contributed by atoms with Gasteiger partial charge in [0.15, 0.2) is 0 Å². The van der Waals surface area contributed by atoms with E-state index in [-0.39, 0.29) is 6.04 Å². The van der Waals surface area contributed by atoms with E-state index < -0.39 is 0 Å². The summed E-state index contributed by atoms with van der Waals surface area (Å²) in [5.74, 6) is 1.51. The van der Waals surface area contributed by atoms with Crippen LogP contribution < -0.4 is 10.5 Å². The lowest BCUT2D eigenvalue weighted by atomic mass is 10.0. The van der Waals surface area contributed by atoms with E-state index in [9.17, 15) is 0 Å². The number of aryl methyl sites for hydroxylation is 1. The summed E-state index contributed by atoms with van der Waals surface area (Å²) in [6.07, 6.45) is 2.71. The lowest BCUT2D eigenvalue weighted by Gasteiger charge is -2.15. The van der Waals surface area contributed by atoms with Crippen molar-refractivity contribution >= 4 is 11.6 Å². The Morgan fingerprint density at radius 3 is 2.43 bits per heavy atom. The molecule has 0 saturated heterocycles. The third kappa shape index (κ3) is 4.23. The molecule has 0 fully saturated rings. The molecule has 2 aromatic carbocycles. The number of hydrogen-bond acceptors (Lipinski definition) is 2. The van der Waals surface area contributed by atoms with Crippen LogP contribution in [-0.4, -0.2) is 6.04 Å². The van der Waals surface area contributed by atoms with Crippen molar-refractivity contribution in [3.05, 3.63) is 58.6 Å². The van der Waals surface area contributed by atoms with Gasteiger partial charge in [-0.3, -0.25) is 0 Å². The smallest absolute Gasteiger partial charge is 0.149 e. The van der Waals surface area contributed by atoms with Crippen LogP contribution in [0.2, 0.25) is 5.02 Å². The van der Waals surface area contributed by atoms with E-state index >= 15 is 0 Å². The van der Waals surface area contributed by atoms with Crippen molar-refractivity contribution in [3.8, 4) is 11.5 Å². The van der Waals surface area contributed by atoms with Crippen LogP contribution in [0.1, 0.15) is 31.4 Å². The SMILES string of the molecule is CCc1ccc(Oc2c(Cl)cccc2CC(N)CC)cc1. The van der Waals surface area contributed by atoms with E-state index in [1.54, 1.807) is 0 Å². The summed E-state index contributed by atoms with van der Waals surface area (Å²) in [6.45, 7) is 4.22. The first kappa shape index (κ1) is 15.9. The number of hydrogen-bond donors (Lipinski definition) is 1. The largest absolute Gasteiger partial charge is 0.456 e. The number of rotatable bonds is 6. The minimum absolute atomic E-state index is 0.119. The summed E-state index contributed by atoms with van der Waals surface area (Å²) in [6, 6.07) is 14.0. The maximum Gasteiger partial charge on any atom is 0.149 e. The Kier molecular flexibility index (Phi) is 5.66. The first-order chi connectivity index (χ1) is 10.1. The van der Waals surface area contributed by atoms with E-state index in [1.165, 1.54) is 5.56 Å². The molecule has 0 aliphatic carbocycles. The van der Waals surface area contributed by atoms with E-state index in [1.807, 2.05) is 30.3 Å². The molecule has 1 unspecified atom stereocenters. The van der Waals surface area contributed by atoms with Gasteiger partial charge in [0, 0.05) is 6.04 Å². The average Bonchev–Trinajstić information content (AvgIpc) is 2.51. The van der Waals surface area contributed by atoms with Gasteiger partial charge in [0.05, 0.1) is 5.02 Å². The van der Waals surface area contributed by atoms with Crippen molar-refractivity contribution in [1.29, 1.82) is 0 Å². The van der Waals surface area contributed by atoms with Crippen LogP contribution in [-0.2, 0) is 12.8 Å². The third-order valence-corrected chi connectivity index (χ3v) is 3.90. The predicted octanol–water partition coefficient (Wildman–Crippen LogP) is 4.97. The predicted molar refractivity (Wildman–Crippen MR) is 89.3 cm³/mol. The van der Waals surface area contributed by atoms with Gasteiger partial charge in [0.1, 0.15) is 11.5 Å². The molecule has 0 aliphatic rings. The highest BCUT2D eigenvalue weighted by atomic mass is 35.5. The third-order valence-electron chi connectivity index (χ3n) is 3.61. The van der Waals surface area contributed by atoms with Crippen molar-refractivity contribution < 1.29 is 4.74 Å². The molecule has 0 aliphatic heterocycles. The molecule has 2 aromatic rings. The van der Waals surface area contributed by atoms with Crippen molar-refractivity contribution in [2.24, 2.45) is 5.73 Å². The first-order valence-electron chi connectivity index (χ1n) is 7.43. The summed E-state index contributed by atoms with van der Waals surface area (Å²) >= 11 is 6.30. The standard InChI is InChI=1S/C18H22ClNO/c1-3-13-8-10-16(11-9-13)21-18-14(12-15(20)4-2)6-5-7-17(18)19/h5-11,15H,3-4,12,20H2,1-2H3. The highest BCUT2D eigenvalue weighted by Crippen LogP contribution is 2.33. The summed E-state index contributed by atoms with van der Waals surface area (Å²) in [5.41, 5.74) is 8.40. The molecule has 2 N–H and O–H groups in total. The van der Waals surface area contributed by atoms with Gasteiger partial charge in [-0.2, -0.15) is 0 Å². The summed E-state index contributed by atoms with van der Waals surface area (Å²) < 4.78 is 6.00. The molecule has 0 bridgehead atoms. The lowest BCUT2D eigenvalue weighted by Crippen LogP contribution is -2.21. The Labute approximate surface area is 131 Å². The molecule has 112 valence electrons. The van der Waals surface area contributed by atoms with Crippen LogP contribution in [0.3, 0.4) is 0 Å². The quantitative estimate of drug-likeness (QED) is 0.817. The van der Waals surface area contributed by atoms with Gasteiger partial charge in [-0.05, 0) is 48.6 Å². The number of halogens is 1. The van der Waals surface area contributed by atoms with Gasteiger partial charge in [-0.15, -0.1) is 0 Å². The minimum atomic E-state index is 0.119. The number of benzene rings is 2. The van der Waals surface area contributed by atoms with E-state index in [2.05, 4.69) is 26.0 Å². The van der Waals surface area contributed by atoms with Gasteiger partial charge in [-0.1, -0.05) is 49.7 Å². The van der Waals surface area contributed by atoms with E-state index in [0.29, 0.717) is 10.8 Å². The normalized spacial score (nSPS) is 12.2. The molecule has 0 saturated carbocycles. The number of ether oxygens (including phenoxy) is 1. The molecule has 0 radical (unpaired) electrons. The highest BCUT2D eigenvalue weighted by Gasteiger charge is 2.12. The van der Waals surface area contributed by atoms with Crippen LogP contribution in [0.25, 0.3) is 0 Å². The number of para-hydroxylation sites is 1. The molecule has 1 atom stereocenters. The molecule has 0 aromatic heterocycles. The summed E-state index contributed by atoms with van der Waals surface area (Å²) in [7, 11) is 0. The topological polar surface area (TPSA) is 35.2 Å². The molecular weight excluding hydrogens is 282 g/mol. The lowest BCUT2D eigenvalue weighted by molar-refractivity contribution is 0.472. The summed E-state index contributed by atoms with van der Waals surface area (Å²) in [5, 5.41) is 0.621. The average molecular weight is 304 g/mol. The zero-order valence-electron chi connectivity index (χ0n) is 12.6. The maximum absolute atomic E-state index is 6.30. The Bertz CT molecular complexity index is 580. The summed E-state index contributed by atoms with van der Waals surface area (Å²) in [4.78, 5) is 0. The van der Waals surface area contributed by atoms with Crippen LogP contribution in [0.5, 0.6) is 11.5 Å². The second-order valence-corrected chi connectivity index (χ2v) is 5.61. The van der Waals surface area contributed by atoms with E-state index in [0.717, 1.165) is 30.6 Å². The van der Waals surface area contributed by atoms with Gasteiger partial charge < -0.3 is 10.5 Å². The van der Waals surface area contributed by atoms with Crippen LogP contribution >= 0.6 is 11.6 Å². The van der Waals surface area contributed by atoms with Crippen LogP contribution in [0, 0.1) is 0 Å². The van der Waals surface area contributed by atoms with Crippen molar-refractivity contribution in [2.75, 3.05) is 0 Å². The molecule has 21 heavy (non-hydrogen) atoms. The highest BCUT2D eigenvalue weighted by molar-refractivity contribution is 6.32. The second-order valence-electron chi connectivity index (χ2n) is 5.20. The molecule has 0 spiro atoms. The fourth-order valence-electron chi connectivity index (χ4n) is 2.17. The molecule has 0 amide bonds. The molecular formula is C18H22ClNO. The Balaban J connectivity index is 2.24. The molecule has 3 heteroatoms. The first-order valence-corrected chi connectivity index (χ1v) is 7.81. The number of nitrogens with two attached hydrogens (primary N) is 1. The van der Waals surface area contributed by atoms with Gasteiger partial charge >= 0.3 is 0 Å². The zero-order valence-corrected chi connectivity index (χ0v) is 13.4. The molecule has 0 heterocycles. The maximum atomic E-state index is 6.30. The fourth-order valence-corrected chi connectivity index (χ4v) is 2.40. The Morgan fingerprint density at radius 2 is 1.81 bits per heavy atom. The van der Waals surface area contributed by atoms with E-state index in [4.69, 9.17) is 22.1 Å². The van der Waals surface area contributed by atoms with Gasteiger partial charge in [0.2, 0.25) is 0 Å². The van der Waals surface area contributed by atoms with Crippen molar-refractivity contribution in [1.82, 2.24) is 0 Å². The van der Waals surface area contributed by atoms with Crippen LogP contribution in [0.15, 0.2) is 42.5 Å². The van der Waals surface area contributed by atoms with Gasteiger partial charge in [-0.25, -0.2) is 0 Å². The van der Waals surface area contributed by atoms with Crippen molar-refractivity contribution in [3.63, 3.8) is 0 Å². The Morgan fingerprint density at radius 1 is 1.10 bits per heavy atom. The monoisotopic (exact) mass is 303 g/mol. The van der Waals surface area contributed by atoms with Crippen LogP contribution in [0.4, 0.5) is 0 Å².